The van der Waals surface area contributed by atoms with Crippen molar-refractivity contribution in [3.63, 3.8) is 0 Å². The first-order valence-corrected chi connectivity index (χ1v) is 7.39. The van der Waals surface area contributed by atoms with Crippen molar-refractivity contribution in [3.05, 3.63) is 29.3 Å². The lowest BCUT2D eigenvalue weighted by Crippen LogP contribution is -2.43. The zero-order valence-electron chi connectivity index (χ0n) is 13.5. The molecule has 1 aliphatic rings. The summed E-state index contributed by atoms with van der Waals surface area (Å²) in [6.07, 6.45) is -3.34. The number of anilines is 1. The molecule has 25 heavy (non-hydrogen) atoms. The first kappa shape index (κ1) is 20.9. The maximum atomic E-state index is 12.0. The second kappa shape index (κ2) is 8.79. The molecule has 1 amide bonds. The number of carboxylic acid groups (broad SMARTS) is 1. The third kappa shape index (κ3) is 6.33. The van der Waals surface area contributed by atoms with Crippen LogP contribution in [0.2, 0.25) is 0 Å². The first-order valence-electron chi connectivity index (χ1n) is 7.39. The van der Waals surface area contributed by atoms with Gasteiger partial charge in [0.1, 0.15) is 6.04 Å². The number of benzene rings is 1. The van der Waals surface area contributed by atoms with E-state index in [1.807, 2.05) is 19.1 Å². The number of rotatable bonds is 3. The van der Waals surface area contributed by atoms with Crippen LogP contribution in [-0.4, -0.2) is 45.9 Å². The number of aryl methyl sites for hydroxylation is 1. The third-order valence-electron chi connectivity index (χ3n) is 3.63. The Morgan fingerprint density at radius 1 is 1.40 bits per heavy atom. The van der Waals surface area contributed by atoms with Crippen molar-refractivity contribution in [1.82, 2.24) is 5.01 Å². The molecule has 7 nitrogen and oxygen atoms in total. The number of nitrogens with two attached hydrogens (primary N) is 1. The molecule has 0 radical (unpaired) electrons. The standard InChI is InChI=1S/C13H19N3O2.C2HF3O2/c1-9-4-5-11(7-10(9)8-17)15-13(18)12-3-2-6-16(12)14;3-2(4,5)1(6)7/h4-5,7,12,17H,2-3,6,8,14H2,1H3,(H,15,18);(H,6,7)/t12-;/m0./s1. The second-order valence-electron chi connectivity index (χ2n) is 5.49. The summed E-state index contributed by atoms with van der Waals surface area (Å²) in [4.78, 5) is 20.9. The van der Waals surface area contributed by atoms with Crippen LogP contribution in [-0.2, 0) is 16.2 Å². The van der Waals surface area contributed by atoms with Crippen LogP contribution in [0.25, 0.3) is 0 Å². The zero-order valence-corrected chi connectivity index (χ0v) is 13.5. The van der Waals surface area contributed by atoms with Crippen LogP contribution in [0.5, 0.6) is 0 Å². The Hall–Kier alpha value is -2.17. The molecular formula is C15H20F3N3O4. The molecule has 0 saturated carbocycles. The molecule has 0 aliphatic carbocycles. The summed E-state index contributed by atoms with van der Waals surface area (Å²) in [7, 11) is 0. The summed E-state index contributed by atoms with van der Waals surface area (Å²) in [5.41, 5.74) is 2.54. The first-order chi connectivity index (χ1) is 11.6. The van der Waals surface area contributed by atoms with E-state index in [4.69, 9.17) is 15.7 Å². The molecule has 0 bridgehead atoms. The van der Waals surface area contributed by atoms with Crippen molar-refractivity contribution in [2.75, 3.05) is 11.9 Å². The number of nitrogens with zero attached hydrogens (tertiary/aromatic N) is 1. The van der Waals surface area contributed by atoms with Gasteiger partial charge in [-0.2, -0.15) is 13.2 Å². The molecule has 0 unspecified atom stereocenters. The Balaban J connectivity index is 0.000000381. The number of hydrogen-bond acceptors (Lipinski definition) is 5. The van der Waals surface area contributed by atoms with Gasteiger partial charge in [-0.15, -0.1) is 0 Å². The van der Waals surface area contributed by atoms with Crippen molar-refractivity contribution in [2.45, 2.75) is 38.6 Å². The Kier molecular flexibility index (Phi) is 7.34. The molecule has 1 saturated heterocycles. The number of carboxylic acids is 1. The Labute approximate surface area is 142 Å². The lowest BCUT2D eigenvalue weighted by Gasteiger charge is -2.18. The maximum absolute atomic E-state index is 12.0. The topological polar surface area (TPSA) is 116 Å². The van der Waals surface area contributed by atoms with Crippen LogP contribution in [0, 0.1) is 6.92 Å². The summed E-state index contributed by atoms with van der Waals surface area (Å²) in [6.45, 7) is 2.66. The summed E-state index contributed by atoms with van der Waals surface area (Å²) >= 11 is 0. The summed E-state index contributed by atoms with van der Waals surface area (Å²) in [6, 6.07) is 5.27. The van der Waals surface area contributed by atoms with Gasteiger partial charge in [-0.1, -0.05) is 6.07 Å². The van der Waals surface area contributed by atoms with Crippen LogP contribution in [0.3, 0.4) is 0 Å². The molecule has 10 heteroatoms. The van der Waals surface area contributed by atoms with Crippen molar-refractivity contribution in [2.24, 2.45) is 5.84 Å². The van der Waals surface area contributed by atoms with Crippen LogP contribution < -0.4 is 11.2 Å². The fourth-order valence-electron chi connectivity index (χ4n) is 2.22. The van der Waals surface area contributed by atoms with E-state index in [2.05, 4.69) is 5.32 Å². The minimum atomic E-state index is -5.08. The number of alkyl halides is 3. The van der Waals surface area contributed by atoms with Gasteiger partial charge >= 0.3 is 12.1 Å². The SMILES string of the molecule is Cc1ccc(NC(=O)[C@@H]2CCCN2N)cc1CO.O=C(O)C(F)(F)F. The minimum absolute atomic E-state index is 0.0258. The molecule has 1 aromatic rings. The molecule has 5 N–H and O–H groups in total. The Morgan fingerprint density at radius 3 is 2.44 bits per heavy atom. The molecule has 0 spiro atoms. The van der Waals surface area contributed by atoms with Gasteiger partial charge < -0.3 is 15.5 Å². The molecule has 1 fully saturated rings. The number of carbonyl (C=O) groups is 2. The maximum Gasteiger partial charge on any atom is 0.490 e. The van der Waals surface area contributed by atoms with E-state index < -0.39 is 12.1 Å². The molecule has 1 heterocycles. The van der Waals surface area contributed by atoms with Gasteiger partial charge in [0.05, 0.1) is 6.61 Å². The number of halogens is 3. The number of aliphatic carboxylic acids is 1. The van der Waals surface area contributed by atoms with E-state index in [0.29, 0.717) is 5.69 Å². The fraction of sp³-hybridized carbons (Fsp3) is 0.467. The fourth-order valence-corrected chi connectivity index (χ4v) is 2.22. The van der Waals surface area contributed by atoms with E-state index >= 15 is 0 Å². The molecule has 1 aliphatic heterocycles. The van der Waals surface area contributed by atoms with E-state index in [0.717, 1.165) is 30.5 Å². The van der Waals surface area contributed by atoms with Gasteiger partial charge in [-0.25, -0.2) is 9.80 Å². The Bertz CT molecular complexity index is 623. The molecule has 2 rings (SSSR count). The second-order valence-corrected chi connectivity index (χ2v) is 5.49. The number of hydrogen-bond donors (Lipinski definition) is 4. The van der Waals surface area contributed by atoms with Crippen LogP contribution in [0.1, 0.15) is 24.0 Å². The van der Waals surface area contributed by atoms with Crippen LogP contribution in [0.4, 0.5) is 18.9 Å². The Morgan fingerprint density at radius 2 is 2.00 bits per heavy atom. The highest BCUT2D eigenvalue weighted by Crippen LogP contribution is 2.18. The normalized spacial score (nSPS) is 17.6. The van der Waals surface area contributed by atoms with Gasteiger partial charge in [-0.3, -0.25) is 10.6 Å². The summed E-state index contributed by atoms with van der Waals surface area (Å²) < 4.78 is 31.7. The largest absolute Gasteiger partial charge is 0.490 e. The highest BCUT2D eigenvalue weighted by atomic mass is 19.4. The molecule has 0 aromatic heterocycles. The molecule has 1 aromatic carbocycles. The quantitative estimate of drug-likeness (QED) is 0.603. The highest BCUT2D eigenvalue weighted by molar-refractivity contribution is 5.95. The molecular weight excluding hydrogens is 343 g/mol. The molecule has 1 atom stereocenters. The number of aliphatic hydroxyl groups is 1. The number of nitrogens with one attached hydrogen (secondary N) is 1. The average molecular weight is 363 g/mol. The van der Waals surface area contributed by atoms with E-state index in [9.17, 15) is 23.1 Å². The van der Waals surface area contributed by atoms with E-state index in [1.165, 1.54) is 0 Å². The highest BCUT2D eigenvalue weighted by Gasteiger charge is 2.38. The predicted molar refractivity (Wildman–Crippen MR) is 83.3 cm³/mol. The monoisotopic (exact) mass is 363 g/mol. The number of hydrazine groups is 1. The number of amides is 1. The molecule has 140 valence electrons. The summed E-state index contributed by atoms with van der Waals surface area (Å²) in [5, 5.41) is 20.7. The van der Waals surface area contributed by atoms with Crippen molar-refractivity contribution >= 4 is 17.6 Å². The number of carbonyl (C=O) groups excluding carboxylic acids is 1. The van der Waals surface area contributed by atoms with Crippen LogP contribution >= 0.6 is 0 Å². The lowest BCUT2D eigenvalue weighted by molar-refractivity contribution is -0.192. The van der Waals surface area contributed by atoms with Gasteiger partial charge in [0.2, 0.25) is 5.91 Å². The van der Waals surface area contributed by atoms with E-state index in [1.54, 1.807) is 11.1 Å². The van der Waals surface area contributed by atoms with Gasteiger partial charge in [-0.05, 0) is 43.0 Å². The van der Waals surface area contributed by atoms with Gasteiger partial charge in [0.25, 0.3) is 0 Å². The minimum Gasteiger partial charge on any atom is -0.475 e. The summed E-state index contributed by atoms with van der Waals surface area (Å²) in [5.74, 6) is 2.91. The van der Waals surface area contributed by atoms with Gasteiger partial charge in [0.15, 0.2) is 0 Å². The van der Waals surface area contributed by atoms with Crippen molar-refractivity contribution < 1.29 is 33.0 Å². The van der Waals surface area contributed by atoms with E-state index in [-0.39, 0.29) is 18.6 Å². The predicted octanol–water partition coefficient (Wildman–Crippen LogP) is 1.40. The van der Waals surface area contributed by atoms with Crippen molar-refractivity contribution in [3.8, 4) is 0 Å². The lowest BCUT2D eigenvalue weighted by atomic mass is 10.1. The van der Waals surface area contributed by atoms with Gasteiger partial charge in [0, 0.05) is 12.2 Å². The van der Waals surface area contributed by atoms with Crippen LogP contribution in [0.15, 0.2) is 18.2 Å². The number of aliphatic hydroxyl groups excluding tert-OH is 1. The smallest absolute Gasteiger partial charge is 0.475 e. The van der Waals surface area contributed by atoms with Crippen molar-refractivity contribution in [1.29, 1.82) is 0 Å². The third-order valence-corrected chi connectivity index (χ3v) is 3.63. The average Bonchev–Trinajstić information content (AvgIpc) is 2.95. The zero-order chi connectivity index (χ0) is 19.2.